The second-order valence-electron chi connectivity index (χ2n) is 4.36. The van der Waals surface area contributed by atoms with E-state index in [-0.39, 0.29) is 12.4 Å². The molecule has 0 saturated carbocycles. The van der Waals surface area contributed by atoms with Crippen LogP contribution in [-0.2, 0) is 13.2 Å². The first kappa shape index (κ1) is 15.3. The zero-order valence-corrected chi connectivity index (χ0v) is 13.3. The van der Waals surface area contributed by atoms with E-state index in [1.54, 1.807) is 0 Å². The molecule has 1 N–H and O–H groups in total. The molecule has 2 rings (SSSR count). The van der Waals surface area contributed by atoms with Gasteiger partial charge in [-0.15, -0.1) is 0 Å². The van der Waals surface area contributed by atoms with E-state index in [0.29, 0.717) is 15.2 Å². The van der Waals surface area contributed by atoms with Crippen molar-refractivity contribution >= 4 is 27.5 Å². The Kier molecular flexibility index (Phi) is 5.40. The van der Waals surface area contributed by atoms with Crippen LogP contribution in [0.3, 0.4) is 0 Å². The normalized spacial score (nSPS) is 10.6. The summed E-state index contributed by atoms with van der Waals surface area (Å²) in [5.41, 5.74) is 1.82. The molecule has 0 aromatic heterocycles. The van der Waals surface area contributed by atoms with Crippen molar-refractivity contribution in [1.82, 2.24) is 5.32 Å². The lowest BCUT2D eigenvalue weighted by molar-refractivity contribution is 0.305. The summed E-state index contributed by atoms with van der Waals surface area (Å²) in [6.07, 6.45) is 0. The summed E-state index contributed by atoms with van der Waals surface area (Å²) in [6.45, 7) is 1.01. The van der Waals surface area contributed by atoms with Crippen LogP contribution in [0.15, 0.2) is 40.9 Å². The SMILES string of the molecule is CNCc1ccc(OCc2cc(F)cc(Br)c2)c(Cl)c1. The molecule has 0 aliphatic carbocycles. The molecule has 0 radical (unpaired) electrons. The monoisotopic (exact) mass is 357 g/mol. The van der Waals surface area contributed by atoms with Crippen LogP contribution in [0.5, 0.6) is 5.75 Å². The predicted octanol–water partition coefficient (Wildman–Crippen LogP) is 4.54. The molecule has 0 spiro atoms. The van der Waals surface area contributed by atoms with Crippen LogP contribution >= 0.6 is 27.5 Å². The van der Waals surface area contributed by atoms with Crippen LogP contribution in [0.4, 0.5) is 4.39 Å². The minimum absolute atomic E-state index is 0.265. The third kappa shape index (κ3) is 4.20. The Balaban J connectivity index is 2.06. The van der Waals surface area contributed by atoms with Crippen molar-refractivity contribution in [3.8, 4) is 5.75 Å². The second-order valence-corrected chi connectivity index (χ2v) is 5.68. The van der Waals surface area contributed by atoms with Crippen molar-refractivity contribution in [3.63, 3.8) is 0 Å². The van der Waals surface area contributed by atoms with Gasteiger partial charge in [0, 0.05) is 11.0 Å². The number of rotatable bonds is 5. The number of hydrogen-bond donors (Lipinski definition) is 1. The first-order chi connectivity index (χ1) is 9.58. The Bertz CT molecular complexity index is 586. The molecule has 20 heavy (non-hydrogen) atoms. The standard InChI is InChI=1S/C15H14BrClFNO/c1-19-8-10-2-3-15(14(17)6-10)20-9-11-4-12(16)7-13(18)5-11/h2-7,19H,8-9H2,1H3. The highest BCUT2D eigenvalue weighted by atomic mass is 79.9. The Labute approximate surface area is 131 Å². The van der Waals surface area contributed by atoms with Gasteiger partial charge in [0.1, 0.15) is 18.2 Å². The molecular formula is C15H14BrClFNO. The maximum absolute atomic E-state index is 13.3. The maximum Gasteiger partial charge on any atom is 0.138 e. The molecule has 2 aromatic carbocycles. The Morgan fingerprint density at radius 2 is 2.00 bits per heavy atom. The fraction of sp³-hybridized carbons (Fsp3) is 0.200. The van der Waals surface area contributed by atoms with Gasteiger partial charge in [0.05, 0.1) is 5.02 Å². The molecule has 0 fully saturated rings. The van der Waals surface area contributed by atoms with E-state index in [4.69, 9.17) is 16.3 Å². The third-order valence-electron chi connectivity index (χ3n) is 2.69. The minimum atomic E-state index is -0.298. The molecule has 0 aliphatic rings. The number of nitrogens with one attached hydrogen (secondary N) is 1. The number of benzene rings is 2. The van der Waals surface area contributed by atoms with Gasteiger partial charge in [0.15, 0.2) is 0 Å². The van der Waals surface area contributed by atoms with Crippen LogP contribution in [0.2, 0.25) is 5.02 Å². The topological polar surface area (TPSA) is 21.3 Å². The van der Waals surface area contributed by atoms with Crippen LogP contribution in [0, 0.1) is 5.82 Å². The van der Waals surface area contributed by atoms with Gasteiger partial charge in [-0.05, 0) is 48.5 Å². The molecule has 0 bridgehead atoms. The third-order valence-corrected chi connectivity index (χ3v) is 3.45. The largest absolute Gasteiger partial charge is 0.487 e. The summed E-state index contributed by atoms with van der Waals surface area (Å²) in [6, 6.07) is 10.3. The Hall–Kier alpha value is -1.10. The quantitative estimate of drug-likeness (QED) is 0.847. The fourth-order valence-corrected chi connectivity index (χ4v) is 2.60. The Morgan fingerprint density at radius 1 is 1.20 bits per heavy atom. The lowest BCUT2D eigenvalue weighted by atomic mass is 10.2. The molecule has 2 nitrogen and oxygen atoms in total. The first-order valence-corrected chi connectivity index (χ1v) is 7.26. The van der Waals surface area contributed by atoms with E-state index in [0.717, 1.165) is 17.7 Å². The molecule has 0 atom stereocenters. The van der Waals surface area contributed by atoms with Crippen LogP contribution < -0.4 is 10.1 Å². The van der Waals surface area contributed by atoms with Crippen LogP contribution in [0.25, 0.3) is 0 Å². The molecule has 0 heterocycles. The van der Waals surface area contributed by atoms with Gasteiger partial charge >= 0.3 is 0 Å². The molecule has 106 valence electrons. The van der Waals surface area contributed by atoms with Gasteiger partial charge in [-0.3, -0.25) is 0 Å². The van der Waals surface area contributed by atoms with Crippen LogP contribution in [0.1, 0.15) is 11.1 Å². The van der Waals surface area contributed by atoms with Crippen molar-refractivity contribution in [1.29, 1.82) is 0 Å². The van der Waals surface area contributed by atoms with Gasteiger partial charge in [-0.25, -0.2) is 4.39 Å². The smallest absolute Gasteiger partial charge is 0.138 e. The van der Waals surface area contributed by atoms with E-state index >= 15 is 0 Å². The molecule has 2 aromatic rings. The van der Waals surface area contributed by atoms with Crippen molar-refractivity contribution < 1.29 is 9.13 Å². The molecule has 5 heteroatoms. The van der Waals surface area contributed by atoms with Gasteiger partial charge in [-0.1, -0.05) is 33.6 Å². The molecule has 0 saturated heterocycles. The fourth-order valence-electron chi connectivity index (χ4n) is 1.83. The predicted molar refractivity (Wildman–Crippen MR) is 82.6 cm³/mol. The Morgan fingerprint density at radius 3 is 2.65 bits per heavy atom. The summed E-state index contributed by atoms with van der Waals surface area (Å²) in [5.74, 6) is 0.292. The first-order valence-electron chi connectivity index (χ1n) is 6.09. The number of halogens is 3. The van der Waals surface area contributed by atoms with Crippen molar-refractivity contribution in [3.05, 3.63) is 62.8 Å². The molecular weight excluding hydrogens is 345 g/mol. The zero-order chi connectivity index (χ0) is 14.5. The number of hydrogen-bond acceptors (Lipinski definition) is 2. The van der Waals surface area contributed by atoms with Crippen molar-refractivity contribution in [2.45, 2.75) is 13.2 Å². The van der Waals surface area contributed by atoms with Crippen LogP contribution in [-0.4, -0.2) is 7.05 Å². The highest BCUT2D eigenvalue weighted by molar-refractivity contribution is 9.10. The van der Waals surface area contributed by atoms with Crippen molar-refractivity contribution in [2.24, 2.45) is 0 Å². The van der Waals surface area contributed by atoms with Gasteiger partial charge in [0.25, 0.3) is 0 Å². The van der Waals surface area contributed by atoms with E-state index in [9.17, 15) is 4.39 Å². The highest BCUT2D eigenvalue weighted by Crippen LogP contribution is 2.26. The summed E-state index contributed by atoms with van der Waals surface area (Å²) in [4.78, 5) is 0. The van der Waals surface area contributed by atoms with Gasteiger partial charge < -0.3 is 10.1 Å². The minimum Gasteiger partial charge on any atom is -0.487 e. The lowest BCUT2D eigenvalue weighted by Gasteiger charge is -2.10. The van der Waals surface area contributed by atoms with E-state index < -0.39 is 0 Å². The lowest BCUT2D eigenvalue weighted by Crippen LogP contribution is -2.05. The van der Waals surface area contributed by atoms with Crippen molar-refractivity contribution in [2.75, 3.05) is 7.05 Å². The van der Waals surface area contributed by atoms with E-state index in [1.165, 1.54) is 12.1 Å². The summed E-state index contributed by atoms with van der Waals surface area (Å²) in [7, 11) is 1.88. The average molecular weight is 359 g/mol. The molecule has 0 amide bonds. The zero-order valence-electron chi connectivity index (χ0n) is 10.9. The van der Waals surface area contributed by atoms with E-state index in [2.05, 4.69) is 21.2 Å². The molecule has 0 unspecified atom stereocenters. The highest BCUT2D eigenvalue weighted by Gasteiger charge is 2.05. The maximum atomic E-state index is 13.3. The van der Waals surface area contributed by atoms with E-state index in [1.807, 2.05) is 31.3 Å². The van der Waals surface area contributed by atoms with Gasteiger partial charge in [0.2, 0.25) is 0 Å². The molecule has 0 aliphatic heterocycles. The number of ether oxygens (including phenoxy) is 1. The summed E-state index contributed by atoms with van der Waals surface area (Å²) < 4.78 is 19.6. The summed E-state index contributed by atoms with van der Waals surface area (Å²) in [5, 5.41) is 3.60. The summed E-state index contributed by atoms with van der Waals surface area (Å²) >= 11 is 9.41. The second kappa shape index (κ2) is 7.07. The van der Waals surface area contributed by atoms with Gasteiger partial charge in [-0.2, -0.15) is 0 Å². The average Bonchev–Trinajstić information content (AvgIpc) is 2.37.